The SMILES string of the molecule is CCc1ccc(OC)c(S(=O)(=O)Nc2noc3c(CO)cccc23)c1. The van der Waals surface area contributed by atoms with Gasteiger partial charge >= 0.3 is 0 Å². The van der Waals surface area contributed by atoms with E-state index in [1.54, 1.807) is 30.3 Å². The second kappa shape index (κ2) is 6.73. The maximum Gasteiger partial charge on any atom is 0.266 e. The highest BCUT2D eigenvalue weighted by molar-refractivity contribution is 7.92. The monoisotopic (exact) mass is 362 g/mol. The van der Waals surface area contributed by atoms with Gasteiger partial charge in [0.25, 0.3) is 10.0 Å². The molecule has 7 nitrogen and oxygen atoms in total. The second-order valence-electron chi connectivity index (χ2n) is 5.43. The fourth-order valence-electron chi connectivity index (χ4n) is 2.55. The number of rotatable bonds is 6. The van der Waals surface area contributed by atoms with E-state index < -0.39 is 10.0 Å². The maximum absolute atomic E-state index is 12.8. The number of sulfonamides is 1. The molecule has 25 heavy (non-hydrogen) atoms. The number of hydrogen-bond donors (Lipinski definition) is 2. The summed E-state index contributed by atoms with van der Waals surface area (Å²) in [5.41, 5.74) is 1.74. The van der Waals surface area contributed by atoms with Crippen LogP contribution in [0.25, 0.3) is 11.0 Å². The van der Waals surface area contributed by atoms with E-state index in [-0.39, 0.29) is 23.1 Å². The van der Waals surface area contributed by atoms with Crippen LogP contribution in [0.2, 0.25) is 0 Å². The van der Waals surface area contributed by atoms with Gasteiger partial charge in [-0.1, -0.05) is 30.3 Å². The third kappa shape index (κ3) is 3.18. The first-order chi connectivity index (χ1) is 12.0. The number of aliphatic hydroxyl groups is 1. The summed E-state index contributed by atoms with van der Waals surface area (Å²) in [5.74, 6) is 0.308. The lowest BCUT2D eigenvalue weighted by Gasteiger charge is -2.11. The van der Waals surface area contributed by atoms with Crippen molar-refractivity contribution in [2.45, 2.75) is 24.8 Å². The molecule has 0 fully saturated rings. The number of anilines is 1. The van der Waals surface area contributed by atoms with Gasteiger partial charge in [-0.2, -0.15) is 0 Å². The number of nitrogens with zero attached hydrogens (tertiary/aromatic N) is 1. The van der Waals surface area contributed by atoms with Gasteiger partial charge in [0.05, 0.1) is 19.1 Å². The molecule has 1 aromatic heterocycles. The summed E-state index contributed by atoms with van der Waals surface area (Å²) in [5, 5.41) is 13.6. The molecule has 2 aromatic carbocycles. The Bertz CT molecular complexity index is 1010. The molecular weight excluding hydrogens is 344 g/mol. The van der Waals surface area contributed by atoms with E-state index in [2.05, 4.69) is 9.88 Å². The van der Waals surface area contributed by atoms with Crippen LogP contribution in [0.15, 0.2) is 45.8 Å². The van der Waals surface area contributed by atoms with Crippen molar-refractivity contribution >= 4 is 26.8 Å². The van der Waals surface area contributed by atoms with Crippen LogP contribution >= 0.6 is 0 Å². The van der Waals surface area contributed by atoms with E-state index >= 15 is 0 Å². The van der Waals surface area contributed by atoms with Gasteiger partial charge in [0.15, 0.2) is 11.4 Å². The lowest BCUT2D eigenvalue weighted by Crippen LogP contribution is -2.15. The maximum atomic E-state index is 12.8. The number of benzene rings is 2. The molecule has 132 valence electrons. The van der Waals surface area contributed by atoms with Crippen molar-refractivity contribution in [2.75, 3.05) is 11.8 Å². The number of aliphatic hydroxyl groups excluding tert-OH is 1. The average Bonchev–Trinajstić information content (AvgIpc) is 3.03. The fourth-order valence-corrected chi connectivity index (χ4v) is 3.79. The van der Waals surface area contributed by atoms with Gasteiger partial charge in [0, 0.05) is 5.56 Å². The Balaban J connectivity index is 2.06. The van der Waals surface area contributed by atoms with Gasteiger partial charge in [0.2, 0.25) is 0 Å². The van der Waals surface area contributed by atoms with Crippen molar-refractivity contribution in [3.05, 3.63) is 47.5 Å². The first-order valence-electron chi connectivity index (χ1n) is 7.68. The zero-order chi connectivity index (χ0) is 18.0. The number of para-hydroxylation sites is 1. The minimum atomic E-state index is -3.93. The van der Waals surface area contributed by atoms with Crippen LogP contribution < -0.4 is 9.46 Å². The number of methoxy groups -OCH3 is 1. The molecule has 0 radical (unpaired) electrons. The molecule has 0 spiro atoms. The molecule has 8 heteroatoms. The molecule has 0 aliphatic rings. The van der Waals surface area contributed by atoms with Crippen LogP contribution in [0, 0.1) is 0 Å². The molecule has 3 rings (SSSR count). The van der Waals surface area contributed by atoms with Crippen LogP contribution in [-0.2, 0) is 23.1 Å². The van der Waals surface area contributed by atoms with Gasteiger partial charge in [0.1, 0.15) is 10.6 Å². The standard InChI is InChI=1S/C17H18N2O5S/c1-3-11-7-8-14(23-2)15(9-11)25(21,22)19-17-13-6-4-5-12(10-20)16(13)24-18-17/h4-9,20H,3,10H2,1-2H3,(H,18,19). The molecule has 2 N–H and O–H groups in total. The Labute approximate surface area is 145 Å². The number of hydrogen-bond acceptors (Lipinski definition) is 6. The predicted octanol–water partition coefficient (Wildman–Crippen LogP) is 2.69. The zero-order valence-electron chi connectivity index (χ0n) is 13.8. The minimum Gasteiger partial charge on any atom is -0.495 e. The molecule has 0 bridgehead atoms. The van der Waals surface area contributed by atoms with E-state index in [0.717, 1.165) is 5.56 Å². The third-order valence-electron chi connectivity index (χ3n) is 3.91. The summed E-state index contributed by atoms with van der Waals surface area (Å²) in [6, 6.07) is 10.1. The Morgan fingerprint density at radius 2 is 2.08 bits per heavy atom. The average molecular weight is 362 g/mol. The third-order valence-corrected chi connectivity index (χ3v) is 5.27. The number of fused-ring (bicyclic) bond motifs is 1. The first kappa shape index (κ1) is 17.2. The molecule has 0 saturated carbocycles. The van der Waals surface area contributed by atoms with Crippen LogP contribution in [0.5, 0.6) is 5.75 Å². The van der Waals surface area contributed by atoms with Crippen molar-refractivity contribution in [1.29, 1.82) is 0 Å². The summed E-state index contributed by atoms with van der Waals surface area (Å²) >= 11 is 0. The lowest BCUT2D eigenvalue weighted by atomic mass is 10.1. The lowest BCUT2D eigenvalue weighted by molar-refractivity contribution is 0.280. The van der Waals surface area contributed by atoms with Crippen LogP contribution in [-0.4, -0.2) is 25.8 Å². The van der Waals surface area contributed by atoms with Crippen LogP contribution in [0.4, 0.5) is 5.82 Å². The molecule has 3 aromatic rings. The first-order valence-corrected chi connectivity index (χ1v) is 9.16. The highest BCUT2D eigenvalue weighted by atomic mass is 32.2. The molecular formula is C17H18N2O5S. The second-order valence-corrected chi connectivity index (χ2v) is 7.08. The molecule has 0 atom stereocenters. The fraction of sp³-hybridized carbons (Fsp3) is 0.235. The van der Waals surface area contributed by atoms with Crippen molar-refractivity contribution in [3.8, 4) is 5.75 Å². The number of nitrogens with one attached hydrogen (secondary N) is 1. The Hall–Kier alpha value is -2.58. The van der Waals surface area contributed by atoms with Gasteiger partial charge in [-0.25, -0.2) is 8.42 Å². The van der Waals surface area contributed by atoms with Crippen molar-refractivity contribution in [3.63, 3.8) is 0 Å². The van der Waals surface area contributed by atoms with Gasteiger partial charge in [-0.3, -0.25) is 4.72 Å². The Morgan fingerprint density at radius 1 is 1.28 bits per heavy atom. The number of aryl methyl sites for hydroxylation is 1. The van der Waals surface area contributed by atoms with Crippen LogP contribution in [0.3, 0.4) is 0 Å². The van der Waals surface area contributed by atoms with Crippen molar-refractivity contribution in [1.82, 2.24) is 5.16 Å². The van der Waals surface area contributed by atoms with E-state index in [9.17, 15) is 13.5 Å². The molecule has 0 unspecified atom stereocenters. The minimum absolute atomic E-state index is 0.0313. The van der Waals surface area contributed by atoms with Gasteiger partial charge in [-0.05, 0) is 30.2 Å². The van der Waals surface area contributed by atoms with Gasteiger partial charge < -0.3 is 14.4 Å². The van der Waals surface area contributed by atoms with E-state index in [1.165, 1.54) is 7.11 Å². The summed E-state index contributed by atoms with van der Waals surface area (Å²) < 4.78 is 38.5. The van der Waals surface area contributed by atoms with E-state index in [0.29, 0.717) is 23.0 Å². The summed E-state index contributed by atoms with van der Waals surface area (Å²) in [6.45, 7) is 1.71. The Morgan fingerprint density at radius 3 is 2.76 bits per heavy atom. The summed E-state index contributed by atoms with van der Waals surface area (Å²) in [6.07, 6.45) is 0.694. The smallest absolute Gasteiger partial charge is 0.266 e. The van der Waals surface area contributed by atoms with E-state index in [1.807, 2.05) is 13.0 Å². The highest BCUT2D eigenvalue weighted by Crippen LogP contribution is 2.30. The van der Waals surface area contributed by atoms with Crippen molar-refractivity contribution in [2.24, 2.45) is 0 Å². The quantitative estimate of drug-likeness (QED) is 0.699. The molecule has 0 amide bonds. The largest absolute Gasteiger partial charge is 0.495 e. The molecule has 0 aliphatic heterocycles. The number of aromatic nitrogens is 1. The predicted molar refractivity (Wildman–Crippen MR) is 93.1 cm³/mol. The topological polar surface area (TPSA) is 102 Å². The van der Waals surface area contributed by atoms with E-state index in [4.69, 9.17) is 9.26 Å². The normalized spacial score (nSPS) is 11.6. The summed E-state index contributed by atoms with van der Waals surface area (Å²) in [7, 11) is -2.51. The Kier molecular flexibility index (Phi) is 4.65. The van der Waals surface area contributed by atoms with Crippen LogP contribution in [0.1, 0.15) is 18.1 Å². The number of ether oxygens (including phenoxy) is 1. The van der Waals surface area contributed by atoms with Gasteiger partial charge in [-0.15, -0.1) is 0 Å². The molecule has 0 saturated heterocycles. The van der Waals surface area contributed by atoms with Crippen molar-refractivity contribution < 1.29 is 22.8 Å². The highest BCUT2D eigenvalue weighted by Gasteiger charge is 2.23. The molecule has 1 heterocycles. The summed E-state index contributed by atoms with van der Waals surface area (Å²) in [4.78, 5) is 0.0313. The zero-order valence-corrected chi connectivity index (χ0v) is 14.6. The molecule has 0 aliphatic carbocycles.